The van der Waals surface area contributed by atoms with E-state index in [0.29, 0.717) is 0 Å². The predicted octanol–water partition coefficient (Wildman–Crippen LogP) is 3.58. The van der Waals surface area contributed by atoms with Crippen LogP contribution in [0.15, 0.2) is 42.7 Å². The van der Waals surface area contributed by atoms with Crippen LogP contribution in [-0.4, -0.2) is 11.0 Å². The highest BCUT2D eigenvalue weighted by Gasteiger charge is 2.09. The minimum Gasteiger partial charge on any atom is -0.331 e. The Morgan fingerprint density at radius 3 is 2.65 bits per heavy atom. The molecule has 0 unspecified atom stereocenters. The van der Waals surface area contributed by atoms with Crippen LogP contribution in [0.4, 0.5) is 10.5 Å². The molecule has 1 aromatic carbocycles. The predicted molar refractivity (Wildman–Crippen MR) is 80.7 cm³/mol. The number of hydrogen-bond donors (Lipinski definition) is 2. The number of pyridine rings is 1. The molecule has 0 saturated heterocycles. The van der Waals surface area contributed by atoms with Crippen LogP contribution < -0.4 is 10.6 Å². The van der Waals surface area contributed by atoms with Gasteiger partial charge in [0.15, 0.2) is 0 Å². The van der Waals surface area contributed by atoms with Gasteiger partial charge in [0.05, 0.1) is 6.04 Å². The Morgan fingerprint density at radius 1 is 1.20 bits per heavy atom. The molecule has 4 nitrogen and oxygen atoms in total. The molecule has 4 heteroatoms. The smallest absolute Gasteiger partial charge is 0.319 e. The van der Waals surface area contributed by atoms with Gasteiger partial charge in [-0.2, -0.15) is 0 Å². The van der Waals surface area contributed by atoms with E-state index in [1.165, 1.54) is 5.56 Å². The van der Waals surface area contributed by atoms with Gasteiger partial charge in [0.2, 0.25) is 0 Å². The Bertz CT molecular complexity index is 596. The largest absolute Gasteiger partial charge is 0.331 e. The summed E-state index contributed by atoms with van der Waals surface area (Å²) in [6, 6.07) is 9.35. The van der Waals surface area contributed by atoms with E-state index in [1.807, 2.05) is 51.1 Å². The molecule has 0 fully saturated rings. The molecule has 0 aliphatic carbocycles. The maximum atomic E-state index is 11.9. The van der Waals surface area contributed by atoms with Gasteiger partial charge in [-0.1, -0.05) is 12.1 Å². The molecule has 0 radical (unpaired) electrons. The molecule has 0 spiro atoms. The number of anilines is 1. The molecule has 20 heavy (non-hydrogen) atoms. The van der Waals surface area contributed by atoms with Gasteiger partial charge >= 0.3 is 6.03 Å². The average molecular weight is 269 g/mol. The molecule has 0 aliphatic heterocycles. The second kappa shape index (κ2) is 6.19. The normalized spacial score (nSPS) is 11.8. The molecule has 1 atom stereocenters. The zero-order chi connectivity index (χ0) is 14.5. The third kappa shape index (κ3) is 3.57. The monoisotopic (exact) mass is 269 g/mol. The van der Waals surface area contributed by atoms with E-state index in [-0.39, 0.29) is 12.1 Å². The lowest BCUT2D eigenvalue weighted by Crippen LogP contribution is -2.31. The van der Waals surface area contributed by atoms with Crippen LogP contribution in [0.2, 0.25) is 0 Å². The SMILES string of the molecule is Cc1ccc(NC(=O)N[C@H](C)c2cccnc2)cc1C. The number of carbonyl (C=O) groups excluding carboxylic acids is 1. The minimum atomic E-state index is -0.218. The molecule has 0 bridgehead atoms. The molecule has 104 valence electrons. The second-order valence-electron chi connectivity index (χ2n) is 4.91. The summed E-state index contributed by atoms with van der Waals surface area (Å²) in [5, 5.41) is 5.73. The first-order chi connectivity index (χ1) is 9.56. The van der Waals surface area contributed by atoms with Gasteiger partial charge in [-0.15, -0.1) is 0 Å². The Labute approximate surface area is 119 Å². The number of aromatic nitrogens is 1. The Morgan fingerprint density at radius 2 is 2.00 bits per heavy atom. The number of benzene rings is 1. The van der Waals surface area contributed by atoms with Crippen LogP contribution in [-0.2, 0) is 0 Å². The zero-order valence-corrected chi connectivity index (χ0v) is 12.0. The van der Waals surface area contributed by atoms with Crippen LogP contribution in [0.3, 0.4) is 0 Å². The summed E-state index contributed by atoms with van der Waals surface area (Å²) >= 11 is 0. The molecule has 2 amide bonds. The fourth-order valence-corrected chi connectivity index (χ4v) is 1.90. The van der Waals surface area contributed by atoms with Crippen molar-refractivity contribution in [2.24, 2.45) is 0 Å². The molecular formula is C16H19N3O. The lowest BCUT2D eigenvalue weighted by atomic mass is 10.1. The third-order valence-electron chi connectivity index (χ3n) is 3.30. The quantitative estimate of drug-likeness (QED) is 0.894. The first-order valence-electron chi connectivity index (χ1n) is 6.61. The topological polar surface area (TPSA) is 54.0 Å². The summed E-state index contributed by atoms with van der Waals surface area (Å²) < 4.78 is 0. The summed E-state index contributed by atoms with van der Waals surface area (Å²) in [4.78, 5) is 16.0. The van der Waals surface area contributed by atoms with Crippen LogP contribution in [0.25, 0.3) is 0 Å². The fraction of sp³-hybridized carbons (Fsp3) is 0.250. The van der Waals surface area contributed by atoms with Crippen LogP contribution >= 0.6 is 0 Å². The van der Waals surface area contributed by atoms with Gasteiger partial charge in [-0.05, 0) is 55.7 Å². The van der Waals surface area contributed by atoms with E-state index < -0.39 is 0 Å². The van der Waals surface area contributed by atoms with Gasteiger partial charge in [0.1, 0.15) is 0 Å². The minimum absolute atomic E-state index is 0.0877. The van der Waals surface area contributed by atoms with Crippen molar-refractivity contribution < 1.29 is 4.79 Å². The summed E-state index contributed by atoms with van der Waals surface area (Å²) in [7, 11) is 0. The van der Waals surface area contributed by atoms with Crippen molar-refractivity contribution in [2.45, 2.75) is 26.8 Å². The number of rotatable bonds is 3. The van der Waals surface area contributed by atoms with Crippen molar-refractivity contribution in [1.82, 2.24) is 10.3 Å². The molecule has 1 heterocycles. The van der Waals surface area contributed by atoms with E-state index >= 15 is 0 Å². The van der Waals surface area contributed by atoms with Crippen molar-refractivity contribution in [3.8, 4) is 0 Å². The van der Waals surface area contributed by atoms with Crippen molar-refractivity contribution in [2.75, 3.05) is 5.32 Å². The van der Waals surface area contributed by atoms with Gasteiger partial charge in [-0.25, -0.2) is 4.79 Å². The van der Waals surface area contributed by atoms with Gasteiger partial charge in [0, 0.05) is 18.1 Å². The Hall–Kier alpha value is -2.36. The molecular weight excluding hydrogens is 250 g/mol. The number of hydrogen-bond acceptors (Lipinski definition) is 2. The summed E-state index contributed by atoms with van der Waals surface area (Å²) in [5.41, 5.74) is 4.13. The third-order valence-corrected chi connectivity index (χ3v) is 3.30. The first-order valence-corrected chi connectivity index (χ1v) is 6.61. The lowest BCUT2D eigenvalue weighted by Gasteiger charge is -2.15. The zero-order valence-electron chi connectivity index (χ0n) is 12.0. The lowest BCUT2D eigenvalue weighted by molar-refractivity contribution is 0.249. The van der Waals surface area contributed by atoms with Gasteiger partial charge in [0.25, 0.3) is 0 Å². The number of carbonyl (C=O) groups is 1. The van der Waals surface area contributed by atoms with Crippen LogP contribution in [0, 0.1) is 13.8 Å². The highest BCUT2D eigenvalue weighted by Crippen LogP contribution is 2.15. The molecule has 1 aromatic heterocycles. The highest BCUT2D eigenvalue weighted by atomic mass is 16.2. The number of aryl methyl sites for hydroxylation is 2. The summed E-state index contributed by atoms with van der Waals surface area (Å²) in [6.45, 7) is 6.00. The summed E-state index contributed by atoms with van der Waals surface area (Å²) in [6.07, 6.45) is 3.46. The Kier molecular flexibility index (Phi) is 4.35. The maximum absolute atomic E-state index is 11.9. The van der Waals surface area contributed by atoms with Crippen LogP contribution in [0.5, 0.6) is 0 Å². The maximum Gasteiger partial charge on any atom is 0.319 e. The fourth-order valence-electron chi connectivity index (χ4n) is 1.90. The van der Waals surface area contributed by atoms with Gasteiger partial charge in [-0.3, -0.25) is 4.98 Å². The first kappa shape index (κ1) is 14.1. The molecule has 2 N–H and O–H groups in total. The highest BCUT2D eigenvalue weighted by molar-refractivity contribution is 5.89. The second-order valence-corrected chi connectivity index (χ2v) is 4.91. The van der Waals surface area contributed by atoms with E-state index in [4.69, 9.17) is 0 Å². The molecule has 2 aromatic rings. The molecule has 2 rings (SSSR count). The summed E-state index contributed by atoms with van der Waals surface area (Å²) in [5.74, 6) is 0. The van der Waals surface area contributed by atoms with E-state index in [2.05, 4.69) is 15.6 Å². The van der Waals surface area contributed by atoms with Crippen molar-refractivity contribution in [3.05, 3.63) is 59.4 Å². The number of nitrogens with zero attached hydrogens (tertiary/aromatic N) is 1. The van der Waals surface area contributed by atoms with E-state index in [9.17, 15) is 4.79 Å². The van der Waals surface area contributed by atoms with E-state index in [1.54, 1.807) is 12.4 Å². The number of amides is 2. The van der Waals surface area contributed by atoms with E-state index in [0.717, 1.165) is 16.8 Å². The van der Waals surface area contributed by atoms with Crippen molar-refractivity contribution in [3.63, 3.8) is 0 Å². The van der Waals surface area contributed by atoms with Crippen molar-refractivity contribution >= 4 is 11.7 Å². The van der Waals surface area contributed by atoms with Crippen molar-refractivity contribution in [1.29, 1.82) is 0 Å². The number of nitrogens with one attached hydrogen (secondary N) is 2. The average Bonchev–Trinajstić information content (AvgIpc) is 2.44. The van der Waals surface area contributed by atoms with Crippen LogP contribution in [0.1, 0.15) is 29.7 Å². The van der Waals surface area contributed by atoms with Gasteiger partial charge < -0.3 is 10.6 Å². The number of urea groups is 1. The Balaban J connectivity index is 1.97. The molecule has 0 saturated carbocycles. The standard InChI is InChI=1S/C16H19N3O/c1-11-6-7-15(9-12(11)2)19-16(20)18-13(3)14-5-4-8-17-10-14/h4-10,13H,1-3H3,(H2,18,19,20)/t13-/m1/s1. The molecule has 0 aliphatic rings.